The molecule has 0 aliphatic heterocycles. The Balaban J connectivity index is 2.85. The van der Waals surface area contributed by atoms with E-state index in [-0.39, 0.29) is 20.6 Å². The molecule has 0 amide bonds. The second-order valence-corrected chi connectivity index (χ2v) is 5.59. The predicted molar refractivity (Wildman–Crippen MR) is 79.6 cm³/mol. The highest BCUT2D eigenvalue weighted by molar-refractivity contribution is 7.80. The first-order valence-electron chi connectivity index (χ1n) is 5.62. The van der Waals surface area contributed by atoms with Crippen LogP contribution in [-0.2, 0) is 13.2 Å². The van der Waals surface area contributed by atoms with E-state index in [9.17, 15) is 22.8 Å². The van der Waals surface area contributed by atoms with E-state index in [1.165, 1.54) is 12.1 Å². The van der Waals surface area contributed by atoms with Crippen LogP contribution >= 0.6 is 35.8 Å². The highest BCUT2D eigenvalue weighted by Crippen LogP contribution is 2.30. The average molecular weight is 371 g/mol. The van der Waals surface area contributed by atoms with E-state index >= 15 is 0 Å². The first-order valence-corrected chi connectivity index (χ1v) is 6.83. The topological polar surface area (TPSA) is 44.0 Å². The first-order chi connectivity index (χ1) is 10.0. The molecule has 0 bridgehead atoms. The van der Waals surface area contributed by atoms with Gasteiger partial charge in [0.25, 0.3) is 5.56 Å². The van der Waals surface area contributed by atoms with Crippen LogP contribution in [0.1, 0.15) is 5.69 Å². The van der Waals surface area contributed by atoms with Gasteiger partial charge < -0.3 is 0 Å². The van der Waals surface area contributed by atoms with Gasteiger partial charge in [-0.05, 0) is 12.1 Å². The van der Waals surface area contributed by atoms with Crippen LogP contribution in [-0.4, -0.2) is 9.13 Å². The first kappa shape index (κ1) is 17.0. The zero-order valence-electron chi connectivity index (χ0n) is 10.8. The van der Waals surface area contributed by atoms with Gasteiger partial charge in [-0.2, -0.15) is 13.2 Å². The molecule has 1 aromatic heterocycles. The molecule has 0 unspecified atom stereocenters. The molecule has 0 aliphatic carbocycles. The minimum atomic E-state index is -4.83. The standard InChI is InChI=1S/C12H7Cl2F3N2O2S/c1-18-9(12(15,16)17)4-10(20)19(11(18)21)7-3-8(22)6(14)2-5(7)13/h2-4,22H,1H3. The summed E-state index contributed by atoms with van der Waals surface area (Å²) in [5, 5.41) is 0.107. The molecule has 0 radical (unpaired) electrons. The van der Waals surface area contributed by atoms with Crippen LogP contribution in [0.4, 0.5) is 13.2 Å². The number of hydrogen-bond acceptors (Lipinski definition) is 3. The van der Waals surface area contributed by atoms with Crippen LogP contribution in [0.3, 0.4) is 0 Å². The molecule has 118 valence electrons. The van der Waals surface area contributed by atoms with Crippen LogP contribution in [0.15, 0.2) is 32.7 Å². The van der Waals surface area contributed by atoms with Crippen molar-refractivity contribution in [3.05, 3.63) is 54.8 Å². The van der Waals surface area contributed by atoms with E-state index in [1.807, 2.05) is 0 Å². The Morgan fingerprint density at radius 3 is 2.23 bits per heavy atom. The molecule has 1 aromatic carbocycles. The van der Waals surface area contributed by atoms with Gasteiger partial charge in [0.1, 0.15) is 5.69 Å². The summed E-state index contributed by atoms with van der Waals surface area (Å²) in [6, 6.07) is 2.79. The summed E-state index contributed by atoms with van der Waals surface area (Å²) < 4.78 is 39.2. The van der Waals surface area contributed by atoms with E-state index in [2.05, 4.69) is 12.6 Å². The second-order valence-electron chi connectivity index (χ2n) is 4.30. The summed E-state index contributed by atoms with van der Waals surface area (Å²) in [7, 11) is 0.909. The summed E-state index contributed by atoms with van der Waals surface area (Å²) in [5.74, 6) is 0. The SMILES string of the molecule is Cn1c(C(F)(F)F)cc(=O)n(-c2cc(S)c(Cl)cc2Cl)c1=O. The number of aromatic nitrogens is 2. The van der Waals surface area contributed by atoms with Gasteiger partial charge in [0.05, 0.1) is 15.7 Å². The fourth-order valence-electron chi connectivity index (χ4n) is 1.82. The molecule has 2 aromatic rings. The van der Waals surface area contributed by atoms with Gasteiger partial charge in [-0.1, -0.05) is 23.2 Å². The molecular formula is C12H7Cl2F3N2O2S. The predicted octanol–water partition coefficient (Wildman–Crippen LogP) is 3.15. The Hall–Kier alpha value is -1.38. The van der Waals surface area contributed by atoms with E-state index in [0.29, 0.717) is 15.2 Å². The fraction of sp³-hybridized carbons (Fsp3) is 0.167. The Labute approximate surface area is 137 Å². The Morgan fingerprint density at radius 2 is 1.68 bits per heavy atom. The molecule has 1 heterocycles. The zero-order valence-corrected chi connectivity index (χ0v) is 13.2. The number of nitrogens with zero attached hydrogens (tertiary/aromatic N) is 2. The van der Waals surface area contributed by atoms with Crippen LogP contribution in [0, 0.1) is 0 Å². The lowest BCUT2D eigenvalue weighted by Crippen LogP contribution is -2.40. The summed E-state index contributed by atoms with van der Waals surface area (Å²) in [4.78, 5) is 24.3. The number of alkyl halides is 3. The summed E-state index contributed by atoms with van der Waals surface area (Å²) >= 11 is 15.7. The quantitative estimate of drug-likeness (QED) is 0.783. The fourth-order valence-corrected chi connectivity index (χ4v) is 2.47. The summed E-state index contributed by atoms with van der Waals surface area (Å²) in [6.45, 7) is 0. The maximum atomic E-state index is 12.8. The molecule has 0 atom stereocenters. The Bertz CT molecular complexity index is 874. The second kappa shape index (κ2) is 5.68. The zero-order chi connectivity index (χ0) is 16.8. The molecule has 0 saturated heterocycles. The molecule has 0 fully saturated rings. The third-order valence-electron chi connectivity index (χ3n) is 2.87. The molecule has 2 rings (SSSR count). The van der Waals surface area contributed by atoms with Gasteiger partial charge in [0, 0.05) is 18.0 Å². The maximum Gasteiger partial charge on any atom is 0.431 e. The molecule has 10 heteroatoms. The van der Waals surface area contributed by atoms with Gasteiger partial charge in [-0.15, -0.1) is 12.6 Å². The van der Waals surface area contributed by atoms with Crippen molar-refractivity contribution in [3.63, 3.8) is 0 Å². The summed E-state index contributed by atoms with van der Waals surface area (Å²) in [6.07, 6.45) is -4.83. The monoisotopic (exact) mass is 370 g/mol. The minimum absolute atomic E-state index is 0.0678. The maximum absolute atomic E-state index is 12.8. The third-order valence-corrected chi connectivity index (χ3v) is 3.98. The number of thiol groups is 1. The molecule has 0 spiro atoms. The number of benzene rings is 1. The van der Waals surface area contributed by atoms with Crippen molar-refractivity contribution in [1.82, 2.24) is 9.13 Å². The van der Waals surface area contributed by atoms with Gasteiger partial charge in [-0.25, -0.2) is 9.36 Å². The van der Waals surface area contributed by atoms with Crippen molar-refractivity contribution in [2.45, 2.75) is 11.1 Å². The largest absolute Gasteiger partial charge is 0.431 e. The molecule has 4 nitrogen and oxygen atoms in total. The van der Waals surface area contributed by atoms with Crippen molar-refractivity contribution < 1.29 is 13.2 Å². The number of rotatable bonds is 1. The molecule has 22 heavy (non-hydrogen) atoms. The molecule has 0 aliphatic rings. The lowest BCUT2D eigenvalue weighted by Gasteiger charge is -2.15. The van der Waals surface area contributed by atoms with E-state index in [4.69, 9.17) is 23.2 Å². The van der Waals surface area contributed by atoms with E-state index in [1.54, 1.807) is 0 Å². The van der Waals surface area contributed by atoms with Crippen LogP contribution in [0.2, 0.25) is 10.0 Å². The lowest BCUT2D eigenvalue weighted by molar-refractivity contribution is -0.144. The van der Waals surface area contributed by atoms with Gasteiger partial charge >= 0.3 is 11.9 Å². The van der Waals surface area contributed by atoms with Crippen molar-refractivity contribution in [2.24, 2.45) is 7.05 Å². The van der Waals surface area contributed by atoms with Crippen molar-refractivity contribution in [1.29, 1.82) is 0 Å². The molecule has 0 saturated carbocycles. The van der Waals surface area contributed by atoms with Crippen molar-refractivity contribution >= 4 is 35.8 Å². The van der Waals surface area contributed by atoms with Crippen LogP contribution < -0.4 is 11.2 Å². The third kappa shape index (κ3) is 2.90. The van der Waals surface area contributed by atoms with Crippen LogP contribution in [0.25, 0.3) is 5.69 Å². The Kier molecular flexibility index (Phi) is 4.38. The van der Waals surface area contributed by atoms with E-state index in [0.717, 1.165) is 7.05 Å². The Morgan fingerprint density at radius 1 is 1.09 bits per heavy atom. The van der Waals surface area contributed by atoms with Crippen molar-refractivity contribution in [2.75, 3.05) is 0 Å². The molecule has 0 N–H and O–H groups in total. The smallest absolute Gasteiger partial charge is 0.292 e. The molecular weight excluding hydrogens is 364 g/mol. The van der Waals surface area contributed by atoms with Crippen LogP contribution in [0.5, 0.6) is 0 Å². The van der Waals surface area contributed by atoms with Gasteiger partial charge in [-0.3, -0.25) is 9.36 Å². The van der Waals surface area contributed by atoms with Gasteiger partial charge in [0.15, 0.2) is 0 Å². The number of halogens is 5. The normalized spacial score (nSPS) is 11.8. The highest BCUT2D eigenvalue weighted by Gasteiger charge is 2.35. The minimum Gasteiger partial charge on any atom is -0.292 e. The summed E-state index contributed by atoms with van der Waals surface area (Å²) in [5.41, 5.74) is -3.80. The van der Waals surface area contributed by atoms with Gasteiger partial charge in [0.2, 0.25) is 0 Å². The lowest BCUT2D eigenvalue weighted by atomic mass is 10.3. The van der Waals surface area contributed by atoms with Crippen molar-refractivity contribution in [3.8, 4) is 5.69 Å². The number of hydrogen-bond donors (Lipinski definition) is 1. The van der Waals surface area contributed by atoms with E-state index < -0.39 is 23.1 Å². The highest BCUT2D eigenvalue weighted by atomic mass is 35.5. The average Bonchev–Trinajstić information content (AvgIpc) is 2.38.